The second-order valence-corrected chi connectivity index (χ2v) is 3.69. The van der Waals surface area contributed by atoms with Gasteiger partial charge in [-0.2, -0.15) is 0 Å². The van der Waals surface area contributed by atoms with E-state index in [1.54, 1.807) is 6.92 Å². The highest BCUT2D eigenvalue weighted by Gasteiger charge is 2.22. The van der Waals surface area contributed by atoms with Crippen molar-refractivity contribution < 1.29 is 23.8 Å². The van der Waals surface area contributed by atoms with Crippen LogP contribution in [0.1, 0.15) is 31.9 Å². The number of carbonyl (C=O) groups is 1. The van der Waals surface area contributed by atoms with Gasteiger partial charge in [-0.1, -0.05) is 6.92 Å². The standard InChI is InChI=1S/C13H17FO4/c1-3-7-18-9-5-6-10(11(14)8-9)12(15)13(16)17-4-2/h5-6,8,12,15H,3-4,7H2,1-2H3. The quantitative estimate of drug-likeness (QED) is 0.793. The number of esters is 1. The predicted octanol–water partition coefficient (Wildman–Crippen LogP) is 2.21. The van der Waals surface area contributed by atoms with Gasteiger partial charge in [0.25, 0.3) is 0 Å². The van der Waals surface area contributed by atoms with Crippen molar-refractivity contribution in [1.82, 2.24) is 0 Å². The van der Waals surface area contributed by atoms with E-state index in [2.05, 4.69) is 4.74 Å². The molecule has 4 nitrogen and oxygen atoms in total. The maximum atomic E-state index is 13.7. The highest BCUT2D eigenvalue weighted by molar-refractivity contribution is 5.76. The van der Waals surface area contributed by atoms with Crippen LogP contribution in [0, 0.1) is 5.82 Å². The number of aliphatic hydroxyl groups is 1. The van der Waals surface area contributed by atoms with Crippen molar-refractivity contribution in [3.8, 4) is 5.75 Å². The molecule has 0 radical (unpaired) electrons. The van der Waals surface area contributed by atoms with Crippen LogP contribution >= 0.6 is 0 Å². The minimum absolute atomic E-state index is 0.114. The van der Waals surface area contributed by atoms with Crippen LogP contribution in [0.15, 0.2) is 18.2 Å². The van der Waals surface area contributed by atoms with Crippen molar-refractivity contribution in [2.24, 2.45) is 0 Å². The largest absolute Gasteiger partial charge is 0.494 e. The van der Waals surface area contributed by atoms with Crippen molar-refractivity contribution in [1.29, 1.82) is 0 Å². The fourth-order valence-corrected chi connectivity index (χ4v) is 1.39. The van der Waals surface area contributed by atoms with E-state index in [1.807, 2.05) is 6.92 Å². The van der Waals surface area contributed by atoms with Crippen molar-refractivity contribution >= 4 is 5.97 Å². The molecule has 0 heterocycles. The Hall–Kier alpha value is -1.62. The fraction of sp³-hybridized carbons (Fsp3) is 0.462. The summed E-state index contributed by atoms with van der Waals surface area (Å²) in [5, 5.41) is 9.61. The highest BCUT2D eigenvalue weighted by atomic mass is 19.1. The summed E-state index contributed by atoms with van der Waals surface area (Å²) in [6, 6.07) is 3.98. The van der Waals surface area contributed by atoms with E-state index in [0.717, 1.165) is 12.5 Å². The lowest BCUT2D eigenvalue weighted by molar-refractivity contribution is -0.153. The highest BCUT2D eigenvalue weighted by Crippen LogP contribution is 2.23. The Balaban J connectivity index is 2.81. The Labute approximate surface area is 105 Å². The molecule has 0 aliphatic heterocycles. The monoisotopic (exact) mass is 256 g/mol. The molecule has 1 rings (SSSR count). The number of rotatable bonds is 6. The molecule has 1 aromatic rings. The third-order valence-electron chi connectivity index (χ3n) is 2.25. The molecule has 0 spiro atoms. The van der Waals surface area contributed by atoms with Crippen LogP contribution in [0.5, 0.6) is 5.75 Å². The molecule has 0 aliphatic rings. The normalized spacial score (nSPS) is 12.0. The molecule has 1 atom stereocenters. The average Bonchev–Trinajstić information content (AvgIpc) is 2.36. The van der Waals surface area contributed by atoms with Gasteiger partial charge in [0.1, 0.15) is 11.6 Å². The van der Waals surface area contributed by atoms with Crippen LogP contribution in [0.3, 0.4) is 0 Å². The van der Waals surface area contributed by atoms with E-state index in [0.29, 0.717) is 12.4 Å². The lowest BCUT2D eigenvalue weighted by Crippen LogP contribution is -2.16. The summed E-state index contributed by atoms with van der Waals surface area (Å²) in [6.45, 7) is 4.17. The fourth-order valence-electron chi connectivity index (χ4n) is 1.39. The van der Waals surface area contributed by atoms with Gasteiger partial charge in [-0.3, -0.25) is 0 Å². The van der Waals surface area contributed by atoms with Gasteiger partial charge in [0, 0.05) is 11.6 Å². The molecule has 0 aromatic heterocycles. The first-order valence-corrected chi connectivity index (χ1v) is 5.87. The van der Waals surface area contributed by atoms with Crippen LogP contribution < -0.4 is 4.74 Å². The summed E-state index contributed by atoms with van der Waals surface area (Å²) in [4.78, 5) is 11.3. The number of ether oxygens (including phenoxy) is 2. The Morgan fingerprint density at radius 2 is 2.17 bits per heavy atom. The predicted molar refractivity (Wildman–Crippen MR) is 63.8 cm³/mol. The van der Waals surface area contributed by atoms with Crippen LogP contribution in [0.25, 0.3) is 0 Å². The second kappa shape index (κ2) is 6.96. The molecule has 0 bridgehead atoms. The van der Waals surface area contributed by atoms with Crippen molar-refractivity contribution in [2.75, 3.05) is 13.2 Å². The lowest BCUT2D eigenvalue weighted by Gasteiger charge is -2.12. The van der Waals surface area contributed by atoms with Crippen molar-refractivity contribution in [3.63, 3.8) is 0 Å². The Bertz CT molecular complexity index is 406. The SMILES string of the molecule is CCCOc1ccc(C(O)C(=O)OCC)c(F)c1. The van der Waals surface area contributed by atoms with Crippen molar-refractivity contribution in [2.45, 2.75) is 26.4 Å². The molecular formula is C13H17FO4. The van der Waals surface area contributed by atoms with Gasteiger partial charge in [0.2, 0.25) is 0 Å². The van der Waals surface area contributed by atoms with Gasteiger partial charge in [-0.05, 0) is 25.5 Å². The average molecular weight is 256 g/mol. The van der Waals surface area contributed by atoms with Crippen LogP contribution in [0.2, 0.25) is 0 Å². The number of aliphatic hydroxyl groups excluding tert-OH is 1. The minimum atomic E-state index is -1.61. The summed E-state index contributed by atoms with van der Waals surface area (Å²) < 4.78 is 23.5. The van der Waals surface area contributed by atoms with Crippen LogP contribution in [-0.4, -0.2) is 24.3 Å². The molecule has 0 saturated carbocycles. The molecule has 100 valence electrons. The molecule has 0 aliphatic carbocycles. The zero-order chi connectivity index (χ0) is 13.5. The summed E-state index contributed by atoms with van der Waals surface area (Å²) in [5.41, 5.74) is -0.114. The minimum Gasteiger partial charge on any atom is -0.494 e. The molecule has 0 saturated heterocycles. The second-order valence-electron chi connectivity index (χ2n) is 3.69. The van der Waals surface area contributed by atoms with E-state index in [-0.39, 0.29) is 12.2 Å². The Morgan fingerprint density at radius 1 is 1.44 bits per heavy atom. The summed E-state index contributed by atoms with van der Waals surface area (Å²) in [7, 11) is 0. The zero-order valence-corrected chi connectivity index (χ0v) is 10.5. The lowest BCUT2D eigenvalue weighted by atomic mass is 10.1. The summed E-state index contributed by atoms with van der Waals surface area (Å²) >= 11 is 0. The Morgan fingerprint density at radius 3 is 2.72 bits per heavy atom. The first-order valence-electron chi connectivity index (χ1n) is 5.87. The summed E-state index contributed by atoms with van der Waals surface area (Å²) in [5.74, 6) is -1.18. The van der Waals surface area contributed by atoms with E-state index < -0.39 is 17.9 Å². The number of halogens is 1. The molecule has 1 unspecified atom stereocenters. The molecule has 0 fully saturated rings. The van der Waals surface area contributed by atoms with E-state index in [1.165, 1.54) is 12.1 Å². The molecule has 5 heteroatoms. The van der Waals surface area contributed by atoms with Gasteiger partial charge in [0.15, 0.2) is 6.10 Å². The van der Waals surface area contributed by atoms with Gasteiger partial charge in [-0.25, -0.2) is 9.18 Å². The van der Waals surface area contributed by atoms with Gasteiger partial charge >= 0.3 is 5.97 Å². The van der Waals surface area contributed by atoms with Crippen LogP contribution in [-0.2, 0) is 9.53 Å². The molecule has 18 heavy (non-hydrogen) atoms. The maximum absolute atomic E-state index is 13.7. The third-order valence-corrected chi connectivity index (χ3v) is 2.25. The number of hydrogen-bond donors (Lipinski definition) is 1. The Kier molecular flexibility index (Phi) is 5.58. The van der Waals surface area contributed by atoms with Crippen molar-refractivity contribution in [3.05, 3.63) is 29.6 Å². The number of hydrogen-bond acceptors (Lipinski definition) is 4. The van der Waals surface area contributed by atoms with E-state index in [9.17, 15) is 14.3 Å². The van der Waals surface area contributed by atoms with Crippen LogP contribution in [0.4, 0.5) is 4.39 Å². The van der Waals surface area contributed by atoms with Gasteiger partial charge in [-0.15, -0.1) is 0 Å². The first kappa shape index (κ1) is 14.4. The molecule has 0 amide bonds. The zero-order valence-electron chi connectivity index (χ0n) is 10.5. The van der Waals surface area contributed by atoms with Gasteiger partial charge < -0.3 is 14.6 Å². The first-order chi connectivity index (χ1) is 8.60. The van der Waals surface area contributed by atoms with Gasteiger partial charge in [0.05, 0.1) is 13.2 Å². The number of benzene rings is 1. The summed E-state index contributed by atoms with van der Waals surface area (Å²) in [6.07, 6.45) is -0.792. The molecular weight excluding hydrogens is 239 g/mol. The smallest absolute Gasteiger partial charge is 0.339 e. The third kappa shape index (κ3) is 3.70. The molecule has 1 aromatic carbocycles. The number of carbonyl (C=O) groups excluding carboxylic acids is 1. The topological polar surface area (TPSA) is 55.8 Å². The maximum Gasteiger partial charge on any atom is 0.339 e. The van der Waals surface area contributed by atoms with E-state index >= 15 is 0 Å². The van der Waals surface area contributed by atoms with E-state index in [4.69, 9.17) is 4.74 Å². The molecule has 1 N–H and O–H groups in total.